The Kier molecular flexibility index (Phi) is 5.37. The van der Waals surface area contributed by atoms with Gasteiger partial charge in [0.15, 0.2) is 0 Å². The highest BCUT2D eigenvalue weighted by Crippen LogP contribution is 2.25. The number of imidazole rings is 1. The van der Waals surface area contributed by atoms with Crippen LogP contribution in [0.5, 0.6) is 0 Å². The lowest BCUT2D eigenvalue weighted by Gasteiger charge is -2.07. The number of ether oxygens (including phenoxy) is 1. The number of aromatic nitrogens is 2. The monoisotopic (exact) mass is 343 g/mol. The van der Waals surface area contributed by atoms with Crippen LogP contribution < -0.4 is 5.73 Å². The first-order valence-electron chi connectivity index (χ1n) is 6.82. The summed E-state index contributed by atoms with van der Waals surface area (Å²) in [6.45, 7) is 4.28. The minimum Gasteiger partial charge on any atom is -0.381 e. The van der Waals surface area contributed by atoms with Crippen molar-refractivity contribution in [1.29, 1.82) is 0 Å². The molecule has 0 bridgehead atoms. The molecule has 6 heteroatoms. The van der Waals surface area contributed by atoms with E-state index >= 15 is 0 Å². The number of fused-ring (bicyclic) bond motifs is 1. The van der Waals surface area contributed by atoms with E-state index in [0.29, 0.717) is 29.1 Å². The van der Waals surface area contributed by atoms with Crippen molar-refractivity contribution in [2.24, 2.45) is 0 Å². The van der Waals surface area contributed by atoms with Gasteiger partial charge in [0, 0.05) is 25.8 Å². The lowest BCUT2D eigenvalue weighted by Crippen LogP contribution is -2.06. The van der Waals surface area contributed by atoms with Gasteiger partial charge in [-0.2, -0.15) is 0 Å². The van der Waals surface area contributed by atoms with Crippen LogP contribution in [-0.2, 0) is 11.3 Å². The van der Waals surface area contributed by atoms with Crippen LogP contribution in [0.3, 0.4) is 0 Å². The summed E-state index contributed by atoms with van der Waals surface area (Å²) >= 11 is 3.15. The number of hydrogen-bond donors (Lipinski definition) is 1. The Balaban J connectivity index is 2.02. The predicted molar refractivity (Wildman–Crippen MR) is 82.1 cm³/mol. The number of hydrogen-bond acceptors (Lipinski definition) is 3. The lowest BCUT2D eigenvalue weighted by molar-refractivity contribution is 0.126. The molecule has 0 radical (unpaired) electrons. The Morgan fingerprint density at radius 1 is 1.35 bits per heavy atom. The molecule has 2 aromatic rings. The summed E-state index contributed by atoms with van der Waals surface area (Å²) < 4.78 is 21.4. The van der Waals surface area contributed by atoms with Crippen LogP contribution in [0.15, 0.2) is 16.6 Å². The van der Waals surface area contributed by atoms with Crippen molar-refractivity contribution in [1.82, 2.24) is 9.55 Å². The van der Waals surface area contributed by atoms with E-state index in [2.05, 4.69) is 27.8 Å². The van der Waals surface area contributed by atoms with E-state index in [9.17, 15) is 4.39 Å². The van der Waals surface area contributed by atoms with E-state index < -0.39 is 0 Å². The summed E-state index contributed by atoms with van der Waals surface area (Å²) in [5.74, 6) is 0.101. The van der Waals surface area contributed by atoms with Crippen LogP contribution in [0.25, 0.3) is 11.0 Å². The highest BCUT2D eigenvalue weighted by atomic mass is 79.9. The number of unbranched alkanes of at least 4 members (excludes halogenated alkanes) is 1. The topological polar surface area (TPSA) is 53.1 Å². The summed E-state index contributed by atoms with van der Waals surface area (Å²) in [4.78, 5) is 4.25. The molecule has 0 fully saturated rings. The van der Waals surface area contributed by atoms with Crippen molar-refractivity contribution in [2.45, 2.75) is 32.7 Å². The molecular weight excluding hydrogens is 325 g/mol. The van der Waals surface area contributed by atoms with E-state index in [1.54, 1.807) is 6.07 Å². The van der Waals surface area contributed by atoms with Gasteiger partial charge in [0.2, 0.25) is 5.95 Å². The molecule has 2 rings (SSSR count). The zero-order valence-electron chi connectivity index (χ0n) is 11.5. The third-order valence-corrected chi connectivity index (χ3v) is 3.74. The van der Waals surface area contributed by atoms with Gasteiger partial charge in [0.25, 0.3) is 0 Å². The molecule has 0 saturated heterocycles. The van der Waals surface area contributed by atoms with Gasteiger partial charge in [-0.05, 0) is 34.8 Å². The first-order valence-corrected chi connectivity index (χ1v) is 7.61. The van der Waals surface area contributed by atoms with Crippen LogP contribution in [-0.4, -0.2) is 22.8 Å². The second kappa shape index (κ2) is 7.04. The Hall–Kier alpha value is -1.14. The third kappa shape index (κ3) is 3.49. The van der Waals surface area contributed by atoms with Crippen molar-refractivity contribution in [3.8, 4) is 0 Å². The third-order valence-electron chi connectivity index (χ3n) is 3.13. The summed E-state index contributed by atoms with van der Waals surface area (Å²) in [6.07, 6.45) is 3.04. The first kappa shape index (κ1) is 15.3. The maximum atomic E-state index is 13.6. The molecule has 0 aliphatic carbocycles. The number of benzene rings is 1. The average Bonchev–Trinajstić information content (AvgIpc) is 2.70. The summed E-state index contributed by atoms with van der Waals surface area (Å²) in [5.41, 5.74) is 7.31. The van der Waals surface area contributed by atoms with Gasteiger partial charge in [-0.25, -0.2) is 9.37 Å². The van der Waals surface area contributed by atoms with Gasteiger partial charge in [0.1, 0.15) is 5.82 Å². The van der Waals surface area contributed by atoms with Gasteiger partial charge in [-0.1, -0.05) is 13.3 Å². The van der Waals surface area contributed by atoms with Crippen LogP contribution in [0.4, 0.5) is 10.3 Å². The molecule has 0 aliphatic heterocycles. The molecule has 0 unspecified atom stereocenters. The minimum atomic E-state index is -0.308. The summed E-state index contributed by atoms with van der Waals surface area (Å²) in [7, 11) is 0. The number of halogens is 2. The van der Waals surface area contributed by atoms with E-state index in [-0.39, 0.29) is 5.82 Å². The van der Waals surface area contributed by atoms with E-state index in [4.69, 9.17) is 10.5 Å². The van der Waals surface area contributed by atoms with Crippen molar-refractivity contribution in [2.75, 3.05) is 18.9 Å². The molecule has 0 aliphatic rings. The van der Waals surface area contributed by atoms with Crippen LogP contribution in [0.1, 0.15) is 26.2 Å². The maximum Gasteiger partial charge on any atom is 0.201 e. The van der Waals surface area contributed by atoms with Gasteiger partial charge >= 0.3 is 0 Å². The molecule has 20 heavy (non-hydrogen) atoms. The number of aryl methyl sites for hydroxylation is 1. The number of nitrogens with zero attached hydrogens (tertiary/aromatic N) is 2. The molecule has 4 nitrogen and oxygen atoms in total. The SMILES string of the molecule is CCCCOCCCn1c(N)nc2cc(Br)c(F)cc21. The van der Waals surface area contributed by atoms with E-state index in [0.717, 1.165) is 31.4 Å². The average molecular weight is 344 g/mol. The number of anilines is 1. The summed E-state index contributed by atoms with van der Waals surface area (Å²) in [5, 5.41) is 0. The molecule has 0 atom stereocenters. The van der Waals surface area contributed by atoms with Crippen LogP contribution >= 0.6 is 15.9 Å². The normalized spacial score (nSPS) is 11.3. The van der Waals surface area contributed by atoms with Gasteiger partial charge in [-0.15, -0.1) is 0 Å². The fourth-order valence-electron chi connectivity index (χ4n) is 2.05. The highest BCUT2D eigenvalue weighted by molar-refractivity contribution is 9.10. The number of rotatable bonds is 7. The molecule has 0 spiro atoms. The Morgan fingerprint density at radius 2 is 2.10 bits per heavy atom. The second-order valence-electron chi connectivity index (χ2n) is 4.70. The van der Waals surface area contributed by atoms with Crippen molar-refractivity contribution >= 4 is 32.9 Å². The molecule has 1 heterocycles. The molecule has 2 N–H and O–H groups in total. The molecule has 1 aromatic carbocycles. The van der Waals surface area contributed by atoms with Crippen molar-refractivity contribution < 1.29 is 9.13 Å². The Bertz CT molecular complexity index is 585. The van der Waals surface area contributed by atoms with E-state index in [1.807, 2.05) is 4.57 Å². The van der Waals surface area contributed by atoms with Crippen molar-refractivity contribution in [3.63, 3.8) is 0 Å². The molecule has 1 aromatic heterocycles. The first-order chi connectivity index (χ1) is 9.63. The fourth-order valence-corrected chi connectivity index (χ4v) is 2.38. The molecule has 0 saturated carbocycles. The number of nitrogens with two attached hydrogens (primary N) is 1. The van der Waals surface area contributed by atoms with Crippen LogP contribution in [0.2, 0.25) is 0 Å². The molecular formula is C14H19BrFN3O. The summed E-state index contributed by atoms with van der Waals surface area (Å²) in [6, 6.07) is 3.11. The van der Waals surface area contributed by atoms with Gasteiger partial charge in [-0.3, -0.25) is 0 Å². The number of nitrogen functional groups attached to an aromatic ring is 1. The van der Waals surface area contributed by atoms with Crippen LogP contribution in [0, 0.1) is 5.82 Å². The largest absolute Gasteiger partial charge is 0.381 e. The van der Waals surface area contributed by atoms with Gasteiger partial charge in [0.05, 0.1) is 15.5 Å². The van der Waals surface area contributed by atoms with E-state index in [1.165, 1.54) is 6.07 Å². The second-order valence-corrected chi connectivity index (χ2v) is 5.55. The predicted octanol–water partition coefficient (Wildman–Crippen LogP) is 3.73. The smallest absolute Gasteiger partial charge is 0.201 e. The molecule has 110 valence electrons. The minimum absolute atomic E-state index is 0.308. The quantitative estimate of drug-likeness (QED) is 0.779. The highest BCUT2D eigenvalue weighted by Gasteiger charge is 2.11. The standard InChI is InChI=1S/C14H19BrFN3O/c1-2-3-6-20-7-4-5-19-13-9-11(16)10(15)8-12(13)18-14(19)17/h8-9H,2-7H2,1H3,(H2,17,18). The zero-order chi connectivity index (χ0) is 14.5. The van der Waals surface area contributed by atoms with Gasteiger partial charge < -0.3 is 15.0 Å². The fraction of sp³-hybridized carbons (Fsp3) is 0.500. The van der Waals surface area contributed by atoms with Crippen molar-refractivity contribution in [3.05, 3.63) is 22.4 Å². The lowest BCUT2D eigenvalue weighted by atomic mass is 10.3. The maximum absolute atomic E-state index is 13.6. The Morgan fingerprint density at radius 3 is 2.85 bits per heavy atom. The zero-order valence-corrected chi connectivity index (χ0v) is 13.1. The molecule has 0 amide bonds. The Labute approximate surface area is 126 Å².